The Kier molecular flexibility index (Phi) is 63.9. The highest BCUT2D eigenvalue weighted by molar-refractivity contribution is 4.64. The van der Waals surface area contributed by atoms with Gasteiger partial charge in [0.25, 0.3) is 0 Å². The first kappa shape index (κ1) is 26.3. The molecule has 0 aromatic rings. The van der Waals surface area contributed by atoms with Gasteiger partial charge in [0, 0.05) is 14.2 Å². The molecule has 0 aliphatic carbocycles. The minimum atomic E-state index is 1.18. The van der Waals surface area contributed by atoms with Gasteiger partial charge in [-0.2, -0.15) is 0 Å². The van der Waals surface area contributed by atoms with E-state index in [1.165, 1.54) is 51.4 Å². The minimum Gasteiger partial charge on any atom is -0.388 e. The maximum atomic E-state index is 4.25. The Hall–Kier alpha value is -0.300. The Labute approximate surface area is 118 Å². The SMILES string of the molecule is C=CCCCC.CCCC.CCCCC.COC. The molecular weight excluding hydrogens is 220 g/mol. The Morgan fingerprint density at radius 1 is 0.722 bits per heavy atom. The lowest BCUT2D eigenvalue weighted by Crippen LogP contribution is -1.61. The molecular formula is C17H40O. The second-order valence-corrected chi connectivity index (χ2v) is 4.19. The quantitative estimate of drug-likeness (QED) is 0.385. The van der Waals surface area contributed by atoms with E-state index < -0.39 is 0 Å². The number of hydrogen-bond donors (Lipinski definition) is 0. The smallest absolute Gasteiger partial charge is 0.0351 e. The fourth-order valence-corrected chi connectivity index (χ4v) is 0.702. The van der Waals surface area contributed by atoms with E-state index in [0.717, 1.165) is 0 Å². The van der Waals surface area contributed by atoms with Crippen LogP contribution in [0.5, 0.6) is 0 Å². The van der Waals surface area contributed by atoms with Crippen molar-refractivity contribution in [3.05, 3.63) is 12.7 Å². The lowest BCUT2D eigenvalue weighted by molar-refractivity contribution is 0.277. The topological polar surface area (TPSA) is 9.23 Å². The van der Waals surface area contributed by atoms with Crippen molar-refractivity contribution in [2.45, 2.75) is 86.0 Å². The van der Waals surface area contributed by atoms with E-state index in [1.807, 2.05) is 6.08 Å². The molecule has 0 saturated carbocycles. The van der Waals surface area contributed by atoms with E-state index in [4.69, 9.17) is 0 Å². The van der Waals surface area contributed by atoms with Crippen LogP contribution in [-0.4, -0.2) is 14.2 Å². The monoisotopic (exact) mass is 260 g/mol. The van der Waals surface area contributed by atoms with Gasteiger partial charge in [0.1, 0.15) is 0 Å². The molecule has 0 radical (unpaired) electrons. The summed E-state index contributed by atoms with van der Waals surface area (Å²) in [5.74, 6) is 0. The molecule has 114 valence electrons. The van der Waals surface area contributed by atoms with Crippen LogP contribution in [0.25, 0.3) is 0 Å². The first-order chi connectivity index (χ1) is 8.66. The van der Waals surface area contributed by atoms with Crippen LogP contribution in [0.2, 0.25) is 0 Å². The van der Waals surface area contributed by atoms with Gasteiger partial charge >= 0.3 is 0 Å². The molecule has 0 spiro atoms. The molecule has 0 aliphatic heterocycles. The van der Waals surface area contributed by atoms with Gasteiger partial charge in [-0.3, -0.25) is 0 Å². The molecule has 0 atom stereocenters. The van der Waals surface area contributed by atoms with Crippen molar-refractivity contribution in [2.75, 3.05) is 14.2 Å². The Balaban J connectivity index is -0.0000000750. The third-order valence-corrected chi connectivity index (χ3v) is 1.97. The van der Waals surface area contributed by atoms with Crippen molar-refractivity contribution >= 4 is 0 Å². The summed E-state index contributed by atoms with van der Waals surface area (Å²) in [6.07, 6.45) is 12.4. The average Bonchev–Trinajstić information content (AvgIpc) is 2.39. The van der Waals surface area contributed by atoms with Crippen LogP contribution in [0.1, 0.15) is 86.0 Å². The molecule has 0 unspecified atom stereocenters. The largest absolute Gasteiger partial charge is 0.388 e. The van der Waals surface area contributed by atoms with Crippen molar-refractivity contribution in [1.29, 1.82) is 0 Å². The number of hydrogen-bond acceptors (Lipinski definition) is 1. The van der Waals surface area contributed by atoms with Gasteiger partial charge in [0.2, 0.25) is 0 Å². The molecule has 0 bridgehead atoms. The summed E-state index contributed by atoms with van der Waals surface area (Å²) in [6.45, 7) is 14.6. The van der Waals surface area contributed by atoms with Crippen molar-refractivity contribution in [3.8, 4) is 0 Å². The summed E-state index contributed by atoms with van der Waals surface area (Å²) in [5, 5.41) is 0. The number of ether oxygens (including phenoxy) is 1. The van der Waals surface area contributed by atoms with E-state index in [0.29, 0.717) is 0 Å². The van der Waals surface area contributed by atoms with E-state index in [-0.39, 0.29) is 0 Å². The van der Waals surface area contributed by atoms with E-state index >= 15 is 0 Å². The van der Waals surface area contributed by atoms with Crippen LogP contribution in [0, 0.1) is 0 Å². The summed E-state index contributed by atoms with van der Waals surface area (Å²) >= 11 is 0. The molecule has 0 saturated heterocycles. The highest BCUT2D eigenvalue weighted by Gasteiger charge is 1.71. The Morgan fingerprint density at radius 2 is 1.06 bits per heavy atom. The van der Waals surface area contributed by atoms with Crippen LogP contribution in [-0.2, 0) is 4.74 Å². The van der Waals surface area contributed by atoms with Crippen LogP contribution in [0.4, 0.5) is 0 Å². The first-order valence-electron chi connectivity index (χ1n) is 7.67. The zero-order valence-electron chi connectivity index (χ0n) is 14.3. The number of allylic oxidation sites excluding steroid dienone is 1. The second kappa shape index (κ2) is 43.7. The lowest BCUT2D eigenvalue weighted by atomic mass is 10.3. The maximum Gasteiger partial charge on any atom is 0.0351 e. The molecule has 1 heteroatoms. The van der Waals surface area contributed by atoms with E-state index in [9.17, 15) is 0 Å². The van der Waals surface area contributed by atoms with Crippen molar-refractivity contribution in [3.63, 3.8) is 0 Å². The molecule has 0 aromatic carbocycles. The minimum absolute atomic E-state index is 1.18. The van der Waals surface area contributed by atoms with Crippen molar-refractivity contribution in [1.82, 2.24) is 0 Å². The summed E-state index contributed by atoms with van der Waals surface area (Å²) in [6, 6.07) is 0. The third-order valence-electron chi connectivity index (χ3n) is 1.97. The number of unbranched alkanes of at least 4 members (excludes halogenated alkanes) is 5. The summed E-state index contributed by atoms with van der Waals surface area (Å²) in [7, 11) is 3.25. The standard InChI is InChI=1S/C6H12.C5H12.C4H10.C2H6O/c1-3-5-6-4-2;1-3-5-4-2;1-3-4-2;1-3-2/h3H,1,4-6H2,2H3;3-5H2,1-2H3;3-4H2,1-2H3;1-2H3. The molecule has 0 amide bonds. The van der Waals surface area contributed by atoms with E-state index in [2.05, 4.69) is 45.9 Å². The molecule has 0 aliphatic rings. The molecule has 1 nitrogen and oxygen atoms in total. The van der Waals surface area contributed by atoms with Crippen LogP contribution >= 0.6 is 0 Å². The number of rotatable bonds is 6. The average molecular weight is 261 g/mol. The van der Waals surface area contributed by atoms with Gasteiger partial charge in [-0.1, -0.05) is 85.6 Å². The van der Waals surface area contributed by atoms with E-state index in [1.54, 1.807) is 14.2 Å². The molecule has 18 heavy (non-hydrogen) atoms. The Bertz CT molecular complexity index is 85.6. The van der Waals surface area contributed by atoms with Crippen molar-refractivity contribution < 1.29 is 4.74 Å². The van der Waals surface area contributed by atoms with Crippen LogP contribution < -0.4 is 0 Å². The van der Waals surface area contributed by atoms with Gasteiger partial charge in [-0.05, 0) is 6.42 Å². The highest BCUT2D eigenvalue weighted by atomic mass is 16.4. The van der Waals surface area contributed by atoms with Crippen LogP contribution in [0.3, 0.4) is 0 Å². The predicted octanol–water partition coefficient (Wildman–Crippen LogP) is 6.63. The van der Waals surface area contributed by atoms with Crippen molar-refractivity contribution in [2.24, 2.45) is 0 Å². The molecule has 0 heterocycles. The zero-order chi connectivity index (χ0) is 15.1. The van der Waals surface area contributed by atoms with Gasteiger partial charge in [0.15, 0.2) is 0 Å². The first-order valence-corrected chi connectivity index (χ1v) is 7.67. The number of methoxy groups -OCH3 is 1. The molecule has 0 fully saturated rings. The van der Waals surface area contributed by atoms with Gasteiger partial charge in [-0.15, -0.1) is 6.58 Å². The summed E-state index contributed by atoms with van der Waals surface area (Å²) in [4.78, 5) is 0. The Morgan fingerprint density at radius 3 is 1.11 bits per heavy atom. The van der Waals surface area contributed by atoms with Gasteiger partial charge in [-0.25, -0.2) is 0 Å². The lowest BCUT2D eigenvalue weighted by Gasteiger charge is -1.81. The second-order valence-electron chi connectivity index (χ2n) is 4.19. The maximum absolute atomic E-state index is 4.25. The molecule has 0 rings (SSSR count). The molecule has 0 N–H and O–H groups in total. The van der Waals surface area contributed by atoms with Gasteiger partial charge in [0.05, 0.1) is 0 Å². The summed E-state index contributed by atoms with van der Waals surface area (Å²) in [5.41, 5.74) is 0. The van der Waals surface area contributed by atoms with Crippen LogP contribution in [0.15, 0.2) is 12.7 Å². The third kappa shape index (κ3) is 104. The highest BCUT2D eigenvalue weighted by Crippen LogP contribution is 1.91. The predicted molar refractivity (Wildman–Crippen MR) is 88.4 cm³/mol. The normalized spacial score (nSPS) is 7.72. The van der Waals surface area contributed by atoms with Gasteiger partial charge < -0.3 is 4.74 Å². The summed E-state index contributed by atoms with van der Waals surface area (Å²) < 4.78 is 4.25. The molecule has 0 aromatic heterocycles. The fraction of sp³-hybridized carbons (Fsp3) is 0.882. The fourth-order valence-electron chi connectivity index (χ4n) is 0.702. The zero-order valence-corrected chi connectivity index (χ0v) is 14.3.